The van der Waals surface area contributed by atoms with Gasteiger partial charge in [-0.15, -0.1) is 6.58 Å². The number of carbonyl (C=O) groups is 2. The number of ether oxygens (including phenoxy) is 2. The highest BCUT2D eigenvalue weighted by atomic mass is 16.6. The van der Waals surface area contributed by atoms with E-state index >= 15 is 0 Å². The Morgan fingerprint density at radius 3 is 2.53 bits per heavy atom. The minimum absolute atomic E-state index is 0.405. The number of hydrogen-bond acceptors (Lipinski definition) is 4. The molecule has 0 aromatic carbocycles. The Balaban J connectivity index is 2.86. The third kappa shape index (κ3) is 3.90. The SMILES string of the molecule is C=CCC1=CC=C[C@H](OC(C)=O)[C@@H]1OC(C)=O. The highest BCUT2D eigenvalue weighted by Crippen LogP contribution is 2.23. The molecule has 17 heavy (non-hydrogen) atoms. The summed E-state index contributed by atoms with van der Waals surface area (Å²) in [6.45, 7) is 6.29. The average Bonchev–Trinajstić information content (AvgIpc) is 2.21. The molecule has 4 nitrogen and oxygen atoms in total. The van der Waals surface area contributed by atoms with Crippen molar-refractivity contribution in [2.45, 2.75) is 32.5 Å². The van der Waals surface area contributed by atoms with E-state index in [1.54, 1.807) is 18.2 Å². The molecular weight excluding hydrogens is 220 g/mol. The van der Waals surface area contributed by atoms with E-state index in [1.807, 2.05) is 6.08 Å². The fourth-order valence-electron chi connectivity index (χ4n) is 1.66. The zero-order valence-corrected chi connectivity index (χ0v) is 10.0. The Morgan fingerprint density at radius 2 is 2.00 bits per heavy atom. The summed E-state index contributed by atoms with van der Waals surface area (Å²) < 4.78 is 10.3. The van der Waals surface area contributed by atoms with Gasteiger partial charge in [0.05, 0.1) is 0 Å². The molecule has 0 N–H and O–H groups in total. The van der Waals surface area contributed by atoms with Crippen LogP contribution in [0.15, 0.2) is 36.5 Å². The minimum atomic E-state index is -0.559. The Morgan fingerprint density at radius 1 is 1.35 bits per heavy atom. The van der Waals surface area contributed by atoms with E-state index in [2.05, 4.69) is 6.58 Å². The summed E-state index contributed by atoms with van der Waals surface area (Å²) in [6, 6.07) is 0. The normalized spacial score (nSPS) is 22.6. The molecule has 0 unspecified atom stereocenters. The van der Waals surface area contributed by atoms with E-state index in [4.69, 9.17) is 9.47 Å². The monoisotopic (exact) mass is 236 g/mol. The molecule has 1 aliphatic rings. The highest BCUT2D eigenvalue weighted by Gasteiger charge is 2.29. The maximum absolute atomic E-state index is 11.1. The molecule has 0 amide bonds. The zero-order chi connectivity index (χ0) is 12.8. The van der Waals surface area contributed by atoms with Gasteiger partial charge in [0.15, 0.2) is 12.2 Å². The smallest absolute Gasteiger partial charge is 0.303 e. The van der Waals surface area contributed by atoms with Crippen LogP contribution < -0.4 is 0 Å². The van der Waals surface area contributed by atoms with Gasteiger partial charge in [0, 0.05) is 13.8 Å². The number of hydrogen-bond donors (Lipinski definition) is 0. The van der Waals surface area contributed by atoms with Gasteiger partial charge >= 0.3 is 11.9 Å². The van der Waals surface area contributed by atoms with Crippen molar-refractivity contribution < 1.29 is 19.1 Å². The summed E-state index contributed by atoms with van der Waals surface area (Å²) in [4.78, 5) is 22.0. The van der Waals surface area contributed by atoms with Crippen molar-refractivity contribution >= 4 is 11.9 Å². The lowest BCUT2D eigenvalue weighted by atomic mass is 9.96. The molecule has 2 atom stereocenters. The van der Waals surface area contributed by atoms with Gasteiger partial charge in [0.25, 0.3) is 0 Å². The minimum Gasteiger partial charge on any atom is -0.454 e. The number of rotatable bonds is 4. The third-order valence-electron chi connectivity index (χ3n) is 2.25. The number of esters is 2. The molecule has 0 saturated heterocycles. The molecule has 0 spiro atoms. The average molecular weight is 236 g/mol. The molecule has 92 valence electrons. The molecule has 1 aliphatic carbocycles. The van der Waals surface area contributed by atoms with Crippen LogP contribution in [0.4, 0.5) is 0 Å². The van der Waals surface area contributed by atoms with E-state index in [9.17, 15) is 9.59 Å². The van der Waals surface area contributed by atoms with Gasteiger partial charge in [-0.1, -0.05) is 18.2 Å². The van der Waals surface area contributed by atoms with Gasteiger partial charge in [0.2, 0.25) is 0 Å². The van der Waals surface area contributed by atoms with E-state index in [1.165, 1.54) is 13.8 Å². The second-order valence-corrected chi connectivity index (χ2v) is 3.72. The van der Waals surface area contributed by atoms with Crippen molar-refractivity contribution in [1.29, 1.82) is 0 Å². The molecule has 0 aliphatic heterocycles. The van der Waals surface area contributed by atoms with Crippen LogP contribution in [0.5, 0.6) is 0 Å². The highest BCUT2D eigenvalue weighted by molar-refractivity contribution is 5.68. The standard InChI is InChI=1S/C13H16O4/c1-4-6-11-7-5-8-12(16-9(2)14)13(11)17-10(3)15/h4-5,7-8,12-13H,1,6H2,2-3H3/t12-,13+/m0/s1. The van der Waals surface area contributed by atoms with Crippen molar-refractivity contribution in [2.24, 2.45) is 0 Å². The maximum atomic E-state index is 11.1. The second-order valence-electron chi connectivity index (χ2n) is 3.72. The first kappa shape index (κ1) is 13.2. The van der Waals surface area contributed by atoms with Crippen molar-refractivity contribution in [3.05, 3.63) is 36.5 Å². The van der Waals surface area contributed by atoms with E-state index in [0.717, 1.165) is 5.57 Å². The fourth-order valence-corrected chi connectivity index (χ4v) is 1.66. The first-order valence-corrected chi connectivity index (χ1v) is 5.37. The van der Waals surface area contributed by atoms with Crippen molar-refractivity contribution in [2.75, 3.05) is 0 Å². The van der Waals surface area contributed by atoms with Crippen molar-refractivity contribution in [3.63, 3.8) is 0 Å². The maximum Gasteiger partial charge on any atom is 0.303 e. The molecule has 0 heterocycles. The Hall–Kier alpha value is -1.84. The van der Waals surface area contributed by atoms with Gasteiger partial charge in [-0.05, 0) is 18.1 Å². The second kappa shape index (κ2) is 6.03. The topological polar surface area (TPSA) is 52.6 Å². The van der Waals surface area contributed by atoms with E-state index in [-0.39, 0.29) is 0 Å². The van der Waals surface area contributed by atoms with Crippen LogP contribution >= 0.6 is 0 Å². The molecule has 0 radical (unpaired) electrons. The first-order valence-electron chi connectivity index (χ1n) is 5.37. The summed E-state index contributed by atoms with van der Waals surface area (Å²) >= 11 is 0. The quantitative estimate of drug-likeness (QED) is 0.552. The van der Waals surface area contributed by atoms with Crippen LogP contribution in [0.2, 0.25) is 0 Å². The molecule has 0 aromatic rings. The van der Waals surface area contributed by atoms with Gasteiger partial charge in [0.1, 0.15) is 0 Å². The van der Waals surface area contributed by atoms with Gasteiger partial charge in [-0.2, -0.15) is 0 Å². The molecule has 4 heteroatoms. The van der Waals surface area contributed by atoms with Crippen LogP contribution in [-0.2, 0) is 19.1 Å². The van der Waals surface area contributed by atoms with Gasteiger partial charge in [-0.25, -0.2) is 0 Å². The van der Waals surface area contributed by atoms with Crippen LogP contribution in [0, 0.1) is 0 Å². The molecule has 1 rings (SSSR count). The molecule has 0 aromatic heterocycles. The fraction of sp³-hybridized carbons (Fsp3) is 0.385. The number of allylic oxidation sites excluding steroid dienone is 3. The van der Waals surface area contributed by atoms with Crippen LogP contribution in [-0.4, -0.2) is 24.1 Å². The summed E-state index contributed by atoms with van der Waals surface area (Å²) in [5.41, 5.74) is 0.865. The molecular formula is C13H16O4. The first-order chi connectivity index (χ1) is 8.04. The van der Waals surface area contributed by atoms with Crippen molar-refractivity contribution in [3.8, 4) is 0 Å². The van der Waals surface area contributed by atoms with Gasteiger partial charge < -0.3 is 9.47 Å². The van der Waals surface area contributed by atoms with Crippen LogP contribution in [0.25, 0.3) is 0 Å². The summed E-state index contributed by atoms with van der Waals surface area (Å²) in [7, 11) is 0. The number of carbonyl (C=O) groups excluding carboxylic acids is 2. The lowest BCUT2D eigenvalue weighted by molar-refractivity contribution is -0.159. The Kier molecular flexibility index (Phi) is 4.69. The van der Waals surface area contributed by atoms with Crippen LogP contribution in [0.3, 0.4) is 0 Å². The summed E-state index contributed by atoms with van der Waals surface area (Å²) in [6.07, 6.45) is 6.51. The summed E-state index contributed by atoms with van der Waals surface area (Å²) in [5.74, 6) is -0.811. The molecule has 0 saturated carbocycles. The predicted molar refractivity (Wildman–Crippen MR) is 63.1 cm³/mol. The van der Waals surface area contributed by atoms with Gasteiger partial charge in [-0.3, -0.25) is 9.59 Å². The van der Waals surface area contributed by atoms with E-state index < -0.39 is 24.1 Å². The molecule has 0 bridgehead atoms. The lowest BCUT2D eigenvalue weighted by Gasteiger charge is -2.28. The predicted octanol–water partition coefficient (Wildman–Crippen LogP) is 1.92. The largest absolute Gasteiger partial charge is 0.454 e. The zero-order valence-electron chi connectivity index (χ0n) is 10.0. The Bertz CT molecular complexity index is 379. The Labute approximate surface area is 101 Å². The summed E-state index contributed by atoms with van der Waals surface area (Å²) in [5, 5.41) is 0. The third-order valence-corrected chi connectivity index (χ3v) is 2.25. The lowest BCUT2D eigenvalue weighted by Crippen LogP contribution is -2.35. The van der Waals surface area contributed by atoms with Crippen LogP contribution in [0.1, 0.15) is 20.3 Å². The molecule has 0 fully saturated rings. The van der Waals surface area contributed by atoms with E-state index in [0.29, 0.717) is 6.42 Å². The van der Waals surface area contributed by atoms with Crippen molar-refractivity contribution in [1.82, 2.24) is 0 Å².